The Bertz CT molecular complexity index is 494. The van der Waals surface area contributed by atoms with Crippen LogP contribution in [-0.4, -0.2) is 34.4 Å². The lowest BCUT2D eigenvalue weighted by atomic mass is 10.3. The van der Waals surface area contributed by atoms with E-state index in [0.717, 1.165) is 30.0 Å². The number of nitrogens with zero attached hydrogens (tertiary/aromatic N) is 3. The molecule has 5 nitrogen and oxygen atoms in total. The minimum absolute atomic E-state index is 0.221. The zero-order valence-electron chi connectivity index (χ0n) is 10.5. The molecule has 17 heavy (non-hydrogen) atoms. The summed E-state index contributed by atoms with van der Waals surface area (Å²) >= 11 is 0. The molecule has 0 spiro atoms. The van der Waals surface area contributed by atoms with Gasteiger partial charge in [0.25, 0.3) is 0 Å². The van der Waals surface area contributed by atoms with E-state index in [2.05, 4.69) is 15.4 Å². The fraction of sp³-hybridized carbons (Fsp3) is 0.500. The Morgan fingerprint density at radius 1 is 1.53 bits per heavy atom. The fourth-order valence-electron chi connectivity index (χ4n) is 1.63. The molecule has 0 aliphatic rings. The Morgan fingerprint density at radius 3 is 3.12 bits per heavy atom. The van der Waals surface area contributed by atoms with Crippen LogP contribution in [0.15, 0.2) is 18.5 Å². The number of nitrogens with one attached hydrogen (secondary N) is 1. The van der Waals surface area contributed by atoms with E-state index in [0.29, 0.717) is 0 Å². The number of methoxy groups -OCH3 is 1. The lowest BCUT2D eigenvalue weighted by molar-refractivity contribution is 0.117. The number of ether oxygens (including phenoxy) is 1. The number of fused-ring (bicyclic) bond motifs is 1. The second-order valence-corrected chi connectivity index (χ2v) is 4.23. The van der Waals surface area contributed by atoms with E-state index in [1.54, 1.807) is 7.11 Å². The summed E-state index contributed by atoms with van der Waals surface area (Å²) in [6, 6.07) is 1.96. The average Bonchev–Trinajstić information content (AvgIpc) is 2.68. The molecule has 0 saturated carbocycles. The molecule has 0 radical (unpaired) electrons. The first kappa shape index (κ1) is 12.0. The van der Waals surface area contributed by atoms with Crippen LogP contribution < -0.4 is 5.32 Å². The molecule has 2 aromatic rings. The van der Waals surface area contributed by atoms with Gasteiger partial charge in [0.05, 0.1) is 11.8 Å². The SMILES string of the molecule is COC(C)CNCc1cnc2cc(C)nn2c1. The Hall–Kier alpha value is -1.46. The molecular weight excluding hydrogens is 216 g/mol. The monoisotopic (exact) mass is 234 g/mol. The molecule has 92 valence electrons. The summed E-state index contributed by atoms with van der Waals surface area (Å²) in [6.07, 6.45) is 4.10. The van der Waals surface area contributed by atoms with E-state index in [4.69, 9.17) is 4.74 Å². The van der Waals surface area contributed by atoms with Crippen molar-refractivity contribution in [3.63, 3.8) is 0 Å². The molecule has 0 aliphatic heterocycles. The summed E-state index contributed by atoms with van der Waals surface area (Å²) in [5, 5.41) is 7.65. The molecule has 0 amide bonds. The second-order valence-electron chi connectivity index (χ2n) is 4.23. The maximum atomic E-state index is 5.17. The molecule has 0 bridgehead atoms. The normalized spacial score (nSPS) is 13.1. The molecule has 0 aromatic carbocycles. The van der Waals surface area contributed by atoms with Crippen molar-refractivity contribution < 1.29 is 4.74 Å². The van der Waals surface area contributed by atoms with E-state index in [1.165, 1.54) is 0 Å². The molecule has 1 N–H and O–H groups in total. The number of rotatable bonds is 5. The summed E-state index contributed by atoms with van der Waals surface area (Å²) in [4.78, 5) is 4.35. The smallest absolute Gasteiger partial charge is 0.155 e. The van der Waals surface area contributed by atoms with Crippen LogP contribution in [0.5, 0.6) is 0 Å². The van der Waals surface area contributed by atoms with E-state index in [9.17, 15) is 0 Å². The number of hydrogen-bond acceptors (Lipinski definition) is 4. The standard InChI is InChI=1S/C12H18N4O/c1-9-4-12-14-7-11(8-16(12)15-9)6-13-5-10(2)17-3/h4,7-8,10,13H,5-6H2,1-3H3. The molecule has 0 saturated heterocycles. The van der Waals surface area contributed by atoms with Crippen molar-refractivity contribution in [1.82, 2.24) is 19.9 Å². The largest absolute Gasteiger partial charge is 0.380 e. The number of aryl methyl sites for hydroxylation is 1. The quantitative estimate of drug-likeness (QED) is 0.843. The van der Waals surface area contributed by atoms with Crippen molar-refractivity contribution in [2.75, 3.05) is 13.7 Å². The molecule has 2 rings (SSSR count). The van der Waals surface area contributed by atoms with Crippen LogP contribution in [0.4, 0.5) is 0 Å². The minimum Gasteiger partial charge on any atom is -0.380 e. The van der Waals surface area contributed by atoms with E-state index in [1.807, 2.05) is 36.8 Å². The van der Waals surface area contributed by atoms with Gasteiger partial charge in [-0.1, -0.05) is 0 Å². The van der Waals surface area contributed by atoms with Gasteiger partial charge in [0.2, 0.25) is 0 Å². The maximum Gasteiger partial charge on any atom is 0.155 e. The molecule has 2 aromatic heterocycles. The van der Waals surface area contributed by atoms with Gasteiger partial charge in [0, 0.05) is 44.2 Å². The van der Waals surface area contributed by atoms with Crippen LogP contribution in [0.3, 0.4) is 0 Å². The third-order valence-corrected chi connectivity index (χ3v) is 2.65. The van der Waals surface area contributed by atoms with E-state index >= 15 is 0 Å². The molecule has 1 atom stereocenters. The van der Waals surface area contributed by atoms with Gasteiger partial charge >= 0.3 is 0 Å². The van der Waals surface area contributed by atoms with Gasteiger partial charge in [-0.3, -0.25) is 0 Å². The van der Waals surface area contributed by atoms with Crippen LogP contribution in [0.1, 0.15) is 18.2 Å². The van der Waals surface area contributed by atoms with Gasteiger partial charge < -0.3 is 10.1 Å². The first-order valence-electron chi connectivity index (χ1n) is 5.73. The van der Waals surface area contributed by atoms with Crippen LogP contribution in [0.25, 0.3) is 5.65 Å². The van der Waals surface area contributed by atoms with Gasteiger partial charge in [-0.25, -0.2) is 9.50 Å². The van der Waals surface area contributed by atoms with Crippen molar-refractivity contribution in [1.29, 1.82) is 0 Å². The number of aromatic nitrogens is 3. The van der Waals surface area contributed by atoms with Crippen molar-refractivity contribution in [2.45, 2.75) is 26.5 Å². The topological polar surface area (TPSA) is 51.5 Å². The third-order valence-electron chi connectivity index (χ3n) is 2.65. The molecule has 0 aliphatic carbocycles. The van der Waals surface area contributed by atoms with Gasteiger partial charge in [0.15, 0.2) is 5.65 Å². The van der Waals surface area contributed by atoms with Crippen molar-refractivity contribution in [3.05, 3.63) is 29.7 Å². The molecule has 5 heteroatoms. The third kappa shape index (κ3) is 3.01. The highest BCUT2D eigenvalue weighted by molar-refractivity contribution is 5.38. The van der Waals surface area contributed by atoms with Crippen LogP contribution >= 0.6 is 0 Å². The zero-order valence-corrected chi connectivity index (χ0v) is 10.5. The van der Waals surface area contributed by atoms with Crippen LogP contribution in [0.2, 0.25) is 0 Å². The van der Waals surface area contributed by atoms with E-state index in [-0.39, 0.29) is 6.10 Å². The molecule has 1 unspecified atom stereocenters. The summed E-state index contributed by atoms with van der Waals surface area (Å²) in [5.74, 6) is 0. The Labute approximate surface area is 101 Å². The maximum absolute atomic E-state index is 5.17. The summed E-state index contributed by atoms with van der Waals surface area (Å²) in [7, 11) is 1.71. The van der Waals surface area contributed by atoms with Gasteiger partial charge in [-0.15, -0.1) is 0 Å². The Kier molecular flexibility index (Phi) is 3.71. The van der Waals surface area contributed by atoms with Gasteiger partial charge in [0.1, 0.15) is 0 Å². The van der Waals surface area contributed by atoms with Gasteiger partial charge in [-0.2, -0.15) is 5.10 Å². The average molecular weight is 234 g/mol. The summed E-state index contributed by atoms with van der Waals surface area (Å²) < 4.78 is 6.98. The van der Waals surface area contributed by atoms with Crippen molar-refractivity contribution in [2.24, 2.45) is 0 Å². The van der Waals surface area contributed by atoms with E-state index < -0.39 is 0 Å². The summed E-state index contributed by atoms with van der Waals surface area (Å²) in [6.45, 7) is 5.60. The van der Waals surface area contributed by atoms with Crippen molar-refractivity contribution >= 4 is 5.65 Å². The number of hydrogen-bond donors (Lipinski definition) is 1. The van der Waals surface area contributed by atoms with Crippen LogP contribution in [-0.2, 0) is 11.3 Å². The highest BCUT2D eigenvalue weighted by atomic mass is 16.5. The first-order chi connectivity index (χ1) is 8.19. The Balaban J connectivity index is 1.99. The highest BCUT2D eigenvalue weighted by Gasteiger charge is 2.02. The minimum atomic E-state index is 0.221. The lowest BCUT2D eigenvalue weighted by Gasteiger charge is -2.10. The molecule has 2 heterocycles. The first-order valence-corrected chi connectivity index (χ1v) is 5.73. The highest BCUT2D eigenvalue weighted by Crippen LogP contribution is 2.04. The predicted molar refractivity (Wildman–Crippen MR) is 65.9 cm³/mol. The second kappa shape index (κ2) is 5.25. The zero-order chi connectivity index (χ0) is 12.3. The van der Waals surface area contributed by atoms with Gasteiger partial charge in [-0.05, 0) is 13.8 Å². The van der Waals surface area contributed by atoms with Crippen LogP contribution in [0, 0.1) is 6.92 Å². The Morgan fingerprint density at radius 2 is 2.35 bits per heavy atom. The summed E-state index contributed by atoms with van der Waals surface area (Å²) in [5.41, 5.74) is 2.98. The molecular formula is C12H18N4O. The fourth-order valence-corrected chi connectivity index (χ4v) is 1.63. The van der Waals surface area contributed by atoms with Crippen molar-refractivity contribution in [3.8, 4) is 0 Å². The lowest BCUT2D eigenvalue weighted by Crippen LogP contribution is -2.25. The molecule has 0 fully saturated rings. The predicted octanol–water partition coefficient (Wildman–Crippen LogP) is 1.16.